The lowest BCUT2D eigenvalue weighted by Crippen LogP contribution is -2.52. The number of amides is 2. The lowest BCUT2D eigenvalue weighted by molar-refractivity contribution is -0.139. The van der Waals surface area contributed by atoms with Gasteiger partial charge in [-0.25, -0.2) is 9.59 Å². The van der Waals surface area contributed by atoms with Gasteiger partial charge in [-0.15, -0.1) is 0 Å². The first-order chi connectivity index (χ1) is 15.2. The molecule has 3 rings (SSSR count). The first-order valence-corrected chi connectivity index (χ1v) is 12.0. The van der Waals surface area contributed by atoms with Crippen molar-refractivity contribution in [3.63, 3.8) is 0 Å². The number of carbonyl (C=O) groups excluding carboxylic acids is 2. The highest BCUT2D eigenvalue weighted by Crippen LogP contribution is 2.34. The van der Waals surface area contributed by atoms with Gasteiger partial charge in [-0.1, -0.05) is 51.5 Å². The molecule has 2 heterocycles. The second-order valence-electron chi connectivity index (χ2n) is 9.89. The van der Waals surface area contributed by atoms with Crippen LogP contribution in [0.3, 0.4) is 0 Å². The number of hydrogen-bond donors (Lipinski definition) is 1. The smallest absolute Gasteiger partial charge is 0.338 e. The molecule has 2 atom stereocenters. The Labute approximate surface area is 193 Å². The minimum atomic E-state index is -0.520. The number of likely N-dealkylation sites (tertiary alicyclic amines) is 1. The summed E-state index contributed by atoms with van der Waals surface area (Å²) in [5.74, 6) is -0.351. The highest BCUT2D eigenvalue weighted by molar-refractivity contribution is 5.95. The van der Waals surface area contributed by atoms with Gasteiger partial charge in [-0.05, 0) is 56.7 Å². The largest absolute Gasteiger partial charge is 0.463 e. The number of hydrogen-bond acceptors (Lipinski definition) is 4. The molecule has 32 heavy (non-hydrogen) atoms. The van der Waals surface area contributed by atoms with Crippen molar-refractivity contribution in [2.45, 2.75) is 78.3 Å². The minimum Gasteiger partial charge on any atom is -0.463 e. The van der Waals surface area contributed by atoms with Crippen molar-refractivity contribution in [1.29, 1.82) is 0 Å². The Kier molecular flexibility index (Phi) is 7.65. The van der Waals surface area contributed by atoms with E-state index in [-0.39, 0.29) is 17.4 Å². The molecule has 176 valence electrons. The van der Waals surface area contributed by atoms with E-state index in [1.165, 1.54) is 12.0 Å². The van der Waals surface area contributed by atoms with Gasteiger partial charge in [-0.3, -0.25) is 9.80 Å². The summed E-state index contributed by atoms with van der Waals surface area (Å²) in [6.45, 7) is 14.9. The van der Waals surface area contributed by atoms with E-state index in [1.54, 1.807) is 4.90 Å². The highest BCUT2D eigenvalue weighted by atomic mass is 16.5. The van der Waals surface area contributed by atoms with Gasteiger partial charge in [0, 0.05) is 24.8 Å². The lowest BCUT2D eigenvalue weighted by atomic mass is 9.85. The van der Waals surface area contributed by atoms with Crippen molar-refractivity contribution >= 4 is 12.0 Å². The molecule has 0 unspecified atom stereocenters. The first-order valence-electron chi connectivity index (χ1n) is 12.0. The average molecular weight is 442 g/mol. The Bertz CT molecular complexity index is 854. The summed E-state index contributed by atoms with van der Waals surface area (Å²) in [7, 11) is 0. The van der Waals surface area contributed by atoms with Gasteiger partial charge in [-0.2, -0.15) is 0 Å². The van der Waals surface area contributed by atoms with Crippen LogP contribution >= 0.6 is 0 Å². The SMILES string of the molecule is CCOC(=O)C1=C(CN2CCCC[C@H]2C)N(CC)C(=O)N[C@@H]1c1ccc(C(C)(C)C)cc1. The number of benzene rings is 1. The van der Waals surface area contributed by atoms with E-state index in [0.717, 1.165) is 30.6 Å². The second-order valence-corrected chi connectivity index (χ2v) is 9.89. The molecule has 2 amide bonds. The summed E-state index contributed by atoms with van der Waals surface area (Å²) in [6, 6.07) is 7.96. The summed E-state index contributed by atoms with van der Waals surface area (Å²) in [4.78, 5) is 30.4. The highest BCUT2D eigenvalue weighted by Gasteiger charge is 2.39. The number of ether oxygens (including phenoxy) is 1. The Morgan fingerprint density at radius 3 is 2.41 bits per heavy atom. The molecule has 0 aromatic heterocycles. The van der Waals surface area contributed by atoms with Gasteiger partial charge in [0.2, 0.25) is 0 Å². The zero-order valence-corrected chi connectivity index (χ0v) is 20.5. The molecule has 0 saturated carbocycles. The zero-order valence-electron chi connectivity index (χ0n) is 20.5. The Morgan fingerprint density at radius 2 is 1.84 bits per heavy atom. The molecule has 0 radical (unpaired) electrons. The van der Waals surface area contributed by atoms with E-state index in [0.29, 0.717) is 31.3 Å². The molecule has 1 N–H and O–H groups in total. The summed E-state index contributed by atoms with van der Waals surface area (Å²) in [5, 5.41) is 3.07. The number of piperidine rings is 1. The fraction of sp³-hybridized carbons (Fsp3) is 0.615. The van der Waals surface area contributed by atoms with E-state index < -0.39 is 6.04 Å². The van der Waals surface area contributed by atoms with E-state index in [2.05, 4.69) is 50.0 Å². The van der Waals surface area contributed by atoms with Crippen molar-refractivity contribution in [2.75, 3.05) is 26.2 Å². The van der Waals surface area contributed by atoms with Crippen LogP contribution in [-0.2, 0) is 14.9 Å². The molecule has 6 heteroatoms. The van der Waals surface area contributed by atoms with Gasteiger partial charge < -0.3 is 10.1 Å². The third-order valence-corrected chi connectivity index (χ3v) is 6.65. The monoisotopic (exact) mass is 441 g/mol. The maximum absolute atomic E-state index is 13.2. The summed E-state index contributed by atoms with van der Waals surface area (Å²) >= 11 is 0. The molecule has 2 aliphatic rings. The van der Waals surface area contributed by atoms with Crippen LogP contribution in [0.15, 0.2) is 35.5 Å². The van der Waals surface area contributed by atoms with Crippen molar-refractivity contribution in [1.82, 2.24) is 15.1 Å². The van der Waals surface area contributed by atoms with Gasteiger partial charge in [0.1, 0.15) is 0 Å². The van der Waals surface area contributed by atoms with Crippen LogP contribution in [0.2, 0.25) is 0 Å². The number of urea groups is 1. The van der Waals surface area contributed by atoms with Crippen LogP contribution in [0.1, 0.15) is 78.0 Å². The van der Waals surface area contributed by atoms with Gasteiger partial charge in [0.15, 0.2) is 0 Å². The van der Waals surface area contributed by atoms with Crippen LogP contribution in [0.4, 0.5) is 4.79 Å². The molecular formula is C26H39N3O3. The van der Waals surface area contributed by atoms with Crippen molar-refractivity contribution in [3.8, 4) is 0 Å². The number of likely N-dealkylation sites (N-methyl/N-ethyl adjacent to an activating group) is 1. The number of carbonyl (C=O) groups is 2. The molecule has 6 nitrogen and oxygen atoms in total. The van der Waals surface area contributed by atoms with Crippen LogP contribution in [0, 0.1) is 0 Å². The normalized spacial score (nSPS) is 22.7. The molecule has 0 aliphatic carbocycles. The third kappa shape index (κ3) is 5.17. The fourth-order valence-electron chi connectivity index (χ4n) is 4.67. The molecule has 1 aromatic rings. The first kappa shape index (κ1) is 24.3. The van der Waals surface area contributed by atoms with Crippen LogP contribution in [0.25, 0.3) is 0 Å². The van der Waals surface area contributed by atoms with Gasteiger partial charge in [0.05, 0.1) is 18.2 Å². The predicted octanol–water partition coefficient (Wildman–Crippen LogP) is 4.76. The molecule has 0 bridgehead atoms. The van der Waals surface area contributed by atoms with Crippen LogP contribution < -0.4 is 5.32 Å². The third-order valence-electron chi connectivity index (χ3n) is 6.65. The number of nitrogens with zero attached hydrogens (tertiary/aromatic N) is 2. The maximum Gasteiger partial charge on any atom is 0.338 e. The molecule has 1 aromatic carbocycles. The summed E-state index contributed by atoms with van der Waals surface area (Å²) in [5.41, 5.74) is 3.46. The molecular weight excluding hydrogens is 402 g/mol. The van der Waals surface area contributed by atoms with Crippen molar-refractivity contribution < 1.29 is 14.3 Å². The number of rotatable bonds is 6. The molecule has 1 saturated heterocycles. The zero-order chi connectivity index (χ0) is 23.5. The van der Waals surface area contributed by atoms with E-state index in [9.17, 15) is 9.59 Å². The van der Waals surface area contributed by atoms with Gasteiger partial charge >= 0.3 is 12.0 Å². The predicted molar refractivity (Wildman–Crippen MR) is 127 cm³/mol. The molecule has 2 aliphatic heterocycles. The molecule has 0 spiro atoms. The quantitative estimate of drug-likeness (QED) is 0.647. The van der Waals surface area contributed by atoms with Crippen molar-refractivity contribution in [2.24, 2.45) is 0 Å². The van der Waals surface area contributed by atoms with E-state index in [4.69, 9.17) is 4.74 Å². The number of esters is 1. The minimum absolute atomic E-state index is 0.0305. The standard InChI is InChI=1S/C26H39N3O3/c1-7-29-21(17-28-16-10-9-11-18(28)3)22(24(30)32-8-2)23(27-25(29)31)19-12-14-20(15-13-19)26(4,5)6/h12-15,18,23H,7-11,16-17H2,1-6H3,(H,27,31)/t18-,23-/m1/s1. The second kappa shape index (κ2) is 10.1. The van der Waals surface area contributed by atoms with Crippen LogP contribution in [-0.4, -0.2) is 54.1 Å². The lowest BCUT2D eigenvalue weighted by Gasteiger charge is -2.40. The summed E-state index contributed by atoms with van der Waals surface area (Å²) in [6.07, 6.45) is 3.50. The average Bonchev–Trinajstić information content (AvgIpc) is 2.74. The number of nitrogens with one attached hydrogen (secondary N) is 1. The molecule has 1 fully saturated rings. The van der Waals surface area contributed by atoms with Gasteiger partial charge in [0.25, 0.3) is 0 Å². The fourth-order valence-corrected chi connectivity index (χ4v) is 4.67. The Hall–Kier alpha value is -2.34. The Morgan fingerprint density at radius 1 is 1.16 bits per heavy atom. The summed E-state index contributed by atoms with van der Waals surface area (Å²) < 4.78 is 5.49. The van der Waals surface area contributed by atoms with E-state index >= 15 is 0 Å². The maximum atomic E-state index is 13.2. The van der Waals surface area contributed by atoms with Crippen molar-refractivity contribution in [3.05, 3.63) is 46.7 Å². The van der Waals surface area contributed by atoms with E-state index in [1.807, 2.05) is 26.0 Å². The van der Waals surface area contributed by atoms with Crippen LogP contribution in [0.5, 0.6) is 0 Å². The topological polar surface area (TPSA) is 61.9 Å². The Balaban J connectivity index is 2.08.